The Morgan fingerprint density at radius 3 is 2.23 bits per heavy atom. The van der Waals surface area contributed by atoms with E-state index in [1.165, 1.54) is 5.56 Å². The fraction of sp³-hybridized carbons (Fsp3) is 0.594. The van der Waals surface area contributed by atoms with Crippen molar-refractivity contribution >= 4 is 11.6 Å². The quantitative estimate of drug-likeness (QED) is 0.291. The first kappa shape index (κ1) is 30.8. The second-order valence-electron chi connectivity index (χ2n) is 11.4. The highest BCUT2D eigenvalue weighted by molar-refractivity contribution is 5.92. The van der Waals surface area contributed by atoms with Gasteiger partial charge in [-0.05, 0) is 34.9 Å². The van der Waals surface area contributed by atoms with Gasteiger partial charge in [-0.25, -0.2) is 0 Å². The zero-order valence-corrected chi connectivity index (χ0v) is 25.0. The van der Waals surface area contributed by atoms with Gasteiger partial charge in [0.25, 0.3) is 0 Å². The molecule has 1 amide bonds. The van der Waals surface area contributed by atoms with Crippen molar-refractivity contribution < 1.29 is 23.7 Å². The molecule has 0 bridgehead atoms. The third-order valence-corrected chi connectivity index (χ3v) is 7.43. The van der Waals surface area contributed by atoms with Gasteiger partial charge in [0.2, 0.25) is 5.91 Å². The number of hydrogen-bond donors (Lipinski definition) is 1. The standard InChI is InChI=1S/C32H48N2O5/c1-8-9-10-11-24(31-28(37-6)20-25(36-5)21-29(31)38-7)19-30(35)33-27-18-23(12-13-26(27)32(2,3)4)22-34-14-16-39-17-15-34/h12-13,18,20-21,24H,8-11,14-17,19,22H2,1-7H3,(H,33,35). The lowest BCUT2D eigenvalue weighted by Crippen LogP contribution is -2.35. The first-order valence-corrected chi connectivity index (χ1v) is 14.2. The molecule has 7 heteroatoms. The first-order chi connectivity index (χ1) is 18.7. The molecule has 1 atom stereocenters. The van der Waals surface area contributed by atoms with Crippen molar-refractivity contribution in [1.29, 1.82) is 0 Å². The number of benzene rings is 2. The maximum Gasteiger partial charge on any atom is 0.224 e. The molecule has 0 aliphatic carbocycles. The van der Waals surface area contributed by atoms with E-state index in [0.717, 1.165) is 75.3 Å². The van der Waals surface area contributed by atoms with Crippen molar-refractivity contribution in [3.63, 3.8) is 0 Å². The fourth-order valence-corrected chi connectivity index (χ4v) is 5.31. The minimum Gasteiger partial charge on any atom is -0.496 e. The number of morpholine rings is 1. The maximum absolute atomic E-state index is 13.7. The SMILES string of the molecule is CCCCCC(CC(=O)Nc1cc(CN2CCOCC2)ccc1C(C)(C)C)c1c(OC)cc(OC)cc1OC. The molecule has 2 aromatic carbocycles. The summed E-state index contributed by atoms with van der Waals surface area (Å²) in [5, 5.41) is 3.29. The molecule has 1 N–H and O–H groups in total. The molecule has 2 aromatic rings. The maximum atomic E-state index is 13.7. The minimum absolute atomic E-state index is 0.00885. The monoisotopic (exact) mass is 540 g/mol. The molecule has 1 fully saturated rings. The van der Waals surface area contributed by atoms with Gasteiger partial charge in [-0.15, -0.1) is 0 Å². The van der Waals surface area contributed by atoms with Crippen molar-refractivity contribution in [2.75, 3.05) is 52.9 Å². The third-order valence-electron chi connectivity index (χ3n) is 7.43. The third kappa shape index (κ3) is 8.61. The number of anilines is 1. The lowest BCUT2D eigenvalue weighted by Gasteiger charge is -2.28. The van der Waals surface area contributed by atoms with E-state index in [2.05, 4.69) is 56.1 Å². The normalized spacial score (nSPS) is 15.1. The van der Waals surface area contributed by atoms with Crippen LogP contribution in [0.5, 0.6) is 17.2 Å². The van der Waals surface area contributed by atoms with Crippen LogP contribution in [0.15, 0.2) is 30.3 Å². The van der Waals surface area contributed by atoms with Crippen molar-refractivity contribution in [3.8, 4) is 17.2 Å². The minimum atomic E-state index is -0.108. The van der Waals surface area contributed by atoms with E-state index in [-0.39, 0.29) is 17.2 Å². The summed E-state index contributed by atoms with van der Waals surface area (Å²) < 4.78 is 22.5. The summed E-state index contributed by atoms with van der Waals surface area (Å²) in [4.78, 5) is 16.1. The van der Waals surface area contributed by atoms with Gasteiger partial charge in [0, 0.05) is 49.4 Å². The lowest BCUT2D eigenvalue weighted by molar-refractivity contribution is -0.116. The van der Waals surface area contributed by atoms with E-state index in [1.807, 2.05) is 12.1 Å². The Morgan fingerprint density at radius 2 is 1.67 bits per heavy atom. The number of methoxy groups -OCH3 is 3. The second-order valence-corrected chi connectivity index (χ2v) is 11.4. The highest BCUT2D eigenvalue weighted by Gasteiger charge is 2.26. The molecule has 1 saturated heterocycles. The van der Waals surface area contributed by atoms with Gasteiger partial charge >= 0.3 is 0 Å². The molecule has 216 valence electrons. The number of nitrogens with one attached hydrogen (secondary N) is 1. The Labute approximate surface area is 235 Å². The number of carbonyl (C=O) groups excluding carboxylic acids is 1. The second kappa shape index (κ2) is 14.6. The lowest BCUT2D eigenvalue weighted by atomic mass is 9.84. The summed E-state index contributed by atoms with van der Waals surface area (Å²) in [6.45, 7) is 13.0. The Hall–Kier alpha value is -2.77. The molecule has 1 aliphatic heterocycles. The van der Waals surface area contributed by atoms with Crippen LogP contribution in [0.4, 0.5) is 5.69 Å². The molecule has 0 spiro atoms. The van der Waals surface area contributed by atoms with E-state index in [4.69, 9.17) is 18.9 Å². The topological polar surface area (TPSA) is 69.3 Å². The number of unbranched alkanes of at least 4 members (excludes halogenated alkanes) is 2. The fourth-order valence-electron chi connectivity index (χ4n) is 5.31. The molecular weight excluding hydrogens is 492 g/mol. The van der Waals surface area contributed by atoms with Crippen LogP contribution >= 0.6 is 0 Å². The molecule has 0 saturated carbocycles. The van der Waals surface area contributed by atoms with Crippen LogP contribution in [0.3, 0.4) is 0 Å². The van der Waals surface area contributed by atoms with Gasteiger partial charge in [0.15, 0.2) is 0 Å². The van der Waals surface area contributed by atoms with Crippen LogP contribution in [-0.2, 0) is 21.5 Å². The van der Waals surface area contributed by atoms with E-state index in [0.29, 0.717) is 23.7 Å². The Morgan fingerprint density at radius 1 is 1.00 bits per heavy atom. The highest BCUT2D eigenvalue weighted by atomic mass is 16.5. The van der Waals surface area contributed by atoms with E-state index in [1.54, 1.807) is 21.3 Å². The van der Waals surface area contributed by atoms with Gasteiger partial charge in [-0.1, -0.05) is 59.1 Å². The molecule has 0 aromatic heterocycles. The Balaban J connectivity index is 1.89. The van der Waals surface area contributed by atoms with Gasteiger partial charge < -0.3 is 24.3 Å². The van der Waals surface area contributed by atoms with Crippen molar-refractivity contribution in [2.45, 2.75) is 77.7 Å². The summed E-state index contributed by atoms with van der Waals surface area (Å²) in [6.07, 6.45) is 4.44. The van der Waals surface area contributed by atoms with Gasteiger partial charge in [-0.3, -0.25) is 9.69 Å². The van der Waals surface area contributed by atoms with Crippen molar-refractivity contribution in [1.82, 2.24) is 4.90 Å². The largest absolute Gasteiger partial charge is 0.496 e. The van der Waals surface area contributed by atoms with Gasteiger partial charge in [0.05, 0.1) is 34.5 Å². The predicted octanol–water partition coefficient (Wildman–Crippen LogP) is 6.53. The van der Waals surface area contributed by atoms with Gasteiger partial charge in [-0.2, -0.15) is 0 Å². The molecular formula is C32H48N2O5. The molecule has 7 nitrogen and oxygen atoms in total. The average molecular weight is 541 g/mol. The average Bonchev–Trinajstić information content (AvgIpc) is 2.91. The summed E-state index contributed by atoms with van der Waals surface area (Å²) in [6, 6.07) is 10.2. The zero-order chi connectivity index (χ0) is 28.4. The van der Waals surface area contributed by atoms with E-state index < -0.39 is 0 Å². The van der Waals surface area contributed by atoms with Crippen LogP contribution in [-0.4, -0.2) is 58.4 Å². The molecule has 39 heavy (non-hydrogen) atoms. The van der Waals surface area contributed by atoms with Crippen LogP contribution < -0.4 is 19.5 Å². The highest BCUT2D eigenvalue weighted by Crippen LogP contribution is 2.43. The Bertz CT molecular complexity index is 1050. The van der Waals surface area contributed by atoms with Crippen LogP contribution in [0.2, 0.25) is 0 Å². The molecule has 1 heterocycles. The molecule has 3 rings (SSSR count). The number of hydrogen-bond acceptors (Lipinski definition) is 6. The number of carbonyl (C=O) groups is 1. The molecule has 1 aliphatic rings. The predicted molar refractivity (Wildman–Crippen MR) is 157 cm³/mol. The van der Waals surface area contributed by atoms with Crippen molar-refractivity contribution in [2.24, 2.45) is 0 Å². The number of nitrogens with zero attached hydrogens (tertiary/aromatic N) is 1. The first-order valence-electron chi connectivity index (χ1n) is 14.2. The number of amides is 1. The summed E-state index contributed by atoms with van der Waals surface area (Å²) >= 11 is 0. The van der Waals surface area contributed by atoms with Crippen LogP contribution in [0.25, 0.3) is 0 Å². The summed E-state index contributed by atoms with van der Waals surface area (Å²) in [7, 11) is 4.92. The smallest absolute Gasteiger partial charge is 0.224 e. The van der Waals surface area contributed by atoms with Crippen molar-refractivity contribution in [3.05, 3.63) is 47.0 Å². The zero-order valence-electron chi connectivity index (χ0n) is 25.0. The Kier molecular flexibility index (Phi) is 11.5. The van der Waals surface area contributed by atoms with E-state index in [9.17, 15) is 4.79 Å². The molecule has 1 unspecified atom stereocenters. The number of ether oxygens (including phenoxy) is 4. The van der Waals surface area contributed by atoms with E-state index >= 15 is 0 Å². The summed E-state index contributed by atoms with van der Waals surface area (Å²) in [5.74, 6) is 1.97. The number of rotatable bonds is 13. The van der Waals surface area contributed by atoms with Gasteiger partial charge in [0.1, 0.15) is 17.2 Å². The van der Waals surface area contributed by atoms with Crippen LogP contribution in [0, 0.1) is 0 Å². The summed E-state index contributed by atoms with van der Waals surface area (Å²) in [5.41, 5.74) is 4.02. The molecule has 0 radical (unpaired) electrons. The van der Waals surface area contributed by atoms with Crippen LogP contribution in [0.1, 0.15) is 82.4 Å².